The Labute approximate surface area is 245 Å². The highest BCUT2D eigenvalue weighted by Crippen LogP contribution is 2.45. The van der Waals surface area contributed by atoms with E-state index in [1.807, 2.05) is 0 Å². The van der Waals surface area contributed by atoms with Crippen LogP contribution < -0.4 is 4.74 Å². The summed E-state index contributed by atoms with van der Waals surface area (Å²) in [6.45, 7) is 6.00. The largest absolute Gasteiger partial charge is 0.459 e. The Kier molecular flexibility index (Phi) is 7.82. The Morgan fingerprint density at radius 3 is 2.20 bits per heavy atom. The fourth-order valence-electron chi connectivity index (χ4n) is 4.22. The van der Waals surface area contributed by atoms with E-state index >= 15 is 0 Å². The van der Waals surface area contributed by atoms with E-state index in [0.717, 1.165) is 6.39 Å². The lowest BCUT2D eigenvalue weighted by molar-refractivity contribution is -0.290. The standard InChI is InChI=1S/C29H24F5N5O5/c1-14(2)26(40)42-12-20-23(25-38-35-13-43-25)37-22-10-9-18-19(16-5-7-17(8-6-16)44-27(41)15(3)4)11-21(36-24(18)39(20)22)28(30,31)29(32,33)34/h5-11,13-15H,12H2,1-4H3. The second-order valence-electron chi connectivity index (χ2n) is 10.4. The third kappa shape index (κ3) is 5.56. The van der Waals surface area contributed by atoms with Crippen molar-refractivity contribution in [2.45, 2.75) is 46.4 Å². The Hall–Kier alpha value is -4.95. The Balaban J connectivity index is 1.78. The summed E-state index contributed by atoms with van der Waals surface area (Å²) >= 11 is 0. The molecule has 0 unspecified atom stereocenters. The molecule has 44 heavy (non-hydrogen) atoms. The zero-order valence-corrected chi connectivity index (χ0v) is 23.6. The van der Waals surface area contributed by atoms with E-state index in [4.69, 9.17) is 13.9 Å². The number of carbonyl (C=O) groups excluding carboxylic acids is 2. The van der Waals surface area contributed by atoms with Gasteiger partial charge in [0.25, 0.3) is 5.89 Å². The molecular formula is C29H24F5N5O5. The predicted molar refractivity (Wildman–Crippen MR) is 144 cm³/mol. The normalized spacial score (nSPS) is 12.4. The SMILES string of the molecule is CC(C)C(=O)OCc1c(-c2nnco2)nc2ccc3c(-c4ccc(OC(=O)C(C)C)cc4)cc(C(F)(F)C(F)(F)F)nc3n12. The van der Waals surface area contributed by atoms with Crippen LogP contribution in [0.4, 0.5) is 22.0 Å². The van der Waals surface area contributed by atoms with Gasteiger partial charge in [-0.2, -0.15) is 22.0 Å². The molecule has 1 aromatic carbocycles. The summed E-state index contributed by atoms with van der Waals surface area (Å²) < 4.78 is 87.7. The molecule has 0 aliphatic rings. The minimum atomic E-state index is -5.97. The van der Waals surface area contributed by atoms with Crippen molar-refractivity contribution in [3.63, 3.8) is 0 Å². The number of esters is 2. The highest BCUT2D eigenvalue weighted by atomic mass is 19.4. The van der Waals surface area contributed by atoms with Crippen LogP contribution in [-0.2, 0) is 26.9 Å². The lowest BCUT2D eigenvalue weighted by Gasteiger charge is -2.21. The molecule has 10 nitrogen and oxygen atoms in total. The van der Waals surface area contributed by atoms with Gasteiger partial charge in [-0.15, -0.1) is 10.2 Å². The smallest absolute Gasteiger partial charge is 0.459 e. The highest BCUT2D eigenvalue weighted by molar-refractivity contribution is 5.95. The van der Waals surface area contributed by atoms with Crippen molar-refractivity contribution in [2.75, 3.05) is 0 Å². The van der Waals surface area contributed by atoms with E-state index in [9.17, 15) is 31.5 Å². The zero-order valence-electron chi connectivity index (χ0n) is 23.6. The van der Waals surface area contributed by atoms with Crippen molar-refractivity contribution in [2.24, 2.45) is 11.8 Å². The zero-order chi connectivity index (χ0) is 32.0. The second-order valence-corrected chi connectivity index (χ2v) is 10.4. The van der Waals surface area contributed by atoms with Crippen molar-refractivity contribution >= 4 is 28.6 Å². The minimum Gasteiger partial charge on any atom is -0.459 e. The van der Waals surface area contributed by atoms with Crippen molar-refractivity contribution in [3.05, 3.63) is 60.2 Å². The average molecular weight is 618 g/mol. The molecule has 0 atom stereocenters. The van der Waals surface area contributed by atoms with Crippen LogP contribution in [0.25, 0.3) is 39.4 Å². The molecule has 0 aliphatic heterocycles. The van der Waals surface area contributed by atoms with Crippen molar-refractivity contribution < 1.29 is 45.4 Å². The summed E-state index contributed by atoms with van der Waals surface area (Å²) in [5, 5.41) is 7.60. The molecule has 5 aromatic rings. The Bertz CT molecular complexity index is 1850. The van der Waals surface area contributed by atoms with Gasteiger partial charge < -0.3 is 13.9 Å². The fraction of sp³-hybridized carbons (Fsp3) is 0.310. The summed E-state index contributed by atoms with van der Waals surface area (Å²) in [6.07, 6.45) is -4.95. The number of hydrogen-bond acceptors (Lipinski definition) is 9. The number of rotatable bonds is 8. The van der Waals surface area contributed by atoms with Gasteiger partial charge in [0.2, 0.25) is 6.39 Å². The average Bonchev–Trinajstić information content (AvgIpc) is 3.63. The molecule has 4 aromatic heterocycles. The maximum absolute atomic E-state index is 14.9. The summed E-state index contributed by atoms with van der Waals surface area (Å²) in [6, 6.07) is 9.23. The number of aromatic nitrogens is 5. The molecule has 0 amide bonds. The Morgan fingerprint density at radius 1 is 0.932 bits per heavy atom. The molecule has 0 fully saturated rings. The number of alkyl halides is 5. The number of nitrogens with zero attached hydrogens (tertiary/aromatic N) is 5. The molecule has 15 heteroatoms. The van der Waals surface area contributed by atoms with Crippen LogP contribution in [0.1, 0.15) is 39.1 Å². The van der Waals surface area contributed by atoms with Crippen LogP contribution >= 0.6 is 0 Å². The molecule has 5 rings (SSSR count). The van der Waals surface area contributed by atoms with Crippen molar-refractivity contribution in [1.29, 1.82) is 0 Å². The van der Waals surface area contributed by atoms with Crippen LogP contribution in [0.5, 0.6) is 5.75 Å². The molecule has 0 radical (unpaired) electrons. The molecule has 0 bridgehead atoms. The monoisotopic (exact) mass is 617 g/mol. The van der Waals surface area contributed by atoms with Gasteiger partial charge in [0.15, 0.2) is 5.69 Å². The van der Waals surface area contributed by atoms with Crippen LogP contribution in [-0.4, -0.2) is 42.7 Å². The molecule has 230 valence electrons. The van der Waals surface area contributed by atoms with E-state index in [0.29, 0.717) is 6.07 Å². The lowest BCUT2D eigenvalue weighted by atomic mass is 10.00. The maximum atomic E-state index is 14.9. The van der Waals surface area contributed by atoms with Crippen LogP contribution in [0.2, 0.25) is 0 Å². The number of halogens is 5. The topological polar surface area (TPSA) is 122 Å². The first kappa shape index (κ1) is 30.5. The molecule has 0 saturated carbocycles. The quantitative estimate of drug-likeness (QED) is 0.109. The molecule has 0 saturated heterocycles. The molecule has 0 aliphatic carbocycles. The number of pyridine rings is 2. The summed E-state index contributed by atoms with van der Waals surface area (Å²) in [7, 11) is 0. The fourth-order valence-corrected chi connectivity index (χ4v) is 4.22. The van der Waals surface area contributed by atoms with E-state index in [1.165, 1.54) is 40.8 Å². The lowest BCUT2D eigenvalue weighted by Crippen LogP contribution is -2.34. The summed E-state index contributed by atoms with van der Waals surface area (Å²) in [5.74, 6) is -7.36. The highest BCUT2D eigenvalue weighted by Gasteiger charge is 2.60. The molecular weight excluding hydrogens is 593 g/mol. The van der Waals surface area contributed by atoms with Gasteiger partial charge >= 0.3 is 24.0 Å². The summed E-state index contributed by atoms with van der Waals surface area (Å²) in [5.41, 5.74) is -1.58. The molecule has 0 spiro atoms. The van der Waals surface area contributed by atoms with E-state index in [-0.39, 0.29) is 50.8 Å². The van der Waals surface area contributed by atoms with Crippen LogP contribution in [0.3, 0.4) is 0 Å². The van der Waals surface area contributed by atoms with Crippen LogP contribution in [0, 0.1) is 11.8 Å². The van der Waals surface area contributed by atoms with Gasteiger partial charge in [0.05, 0.1) is 17.5 Å². The van der Waals surface area contributed by atoms with Gasteiger partial charge in [-0.3, -0.25) is 14.0 Å². The first-order valence-electron chi connectivity index (χ1n) is 13.2. The second kappa shape index (κ2) is 11.3. The van der Waals surface area contributed by atoms with E-state index < -0.39 is 48.2 Å². The molecule has 0 N–H and O–H groups in total. The van der Waals surface area contributed by atoms with Gasteiger partial charge in [0.1, 0.15) is 29.3 Å². The van der Waals surface area contributed by atoms with Crippen molar-refractivity contribution in [3.8, 4) is 28.5 Å². The van der Waals surface area contributed by atoms with Gasteiger partial charge in [-0.05, 0) is 41.5 Å². The van der Waals surface area contributed by atoms with Gasteiger partial charge in [-0.25, -0.2) is 9.97 Å². The number of carbonyl (C=O) groups is 2. The summed E-state index contributed by atoms with van der Waals surface area (Å²) in [4.78, 5) is 32.5. The number of benzene rings is 1. The van der Waals surface area contributed by atoms with Crippen LogP contribution in [0.15, 0.2) is 53.3 Å². The van der Waals surface area contributed by atoms with Gasteiger partial charge in [-0.1, -0.05) is 39.8 Å². The van der Waals surface area contributed by atoms with Crippen molar-refractivity contribution in [1.82, 2.24) is 24.6 Å². The van der Waals surface area contributed by atoms with E-state index in [2.05, 4.69) is 20.2 Å². The van der Waals surface area contributed by atoms with E-state index in [1.54, 1.807) is 27.7 Å². The maximum Gasteiger partial charge on any atom is 0.459 e. The number of hydrogen-bond donors (Lipinski definition) is 0. The predicted octanol–water partition coefficient (Wildman–Crippen LogP) is 6.51. The third-order valence-corrected chi connectivity index (χ3v) is 6.57. The number of ether oxygens (including phenoxy) is 2. The Morgan fingerprint density at radius 2 is 1.61 bits per heavy atom. The molecule has 4 heterocycles. The minimum absolute atomic E-state index is 0.0132. The third-order valence-electron chi connectivity index (χ3n) is 6.57. The number of fused-ring (bicyclic) bond motifs is 3. The van der Waals surface area contributed by atoms with Gasteiger partial charge in [0, 0.05) is 5.39 Å². The first-order valence-corrected chi connectivity index (χ1v) is 13.2. The number of imidazole rings is 1. The first-order chi connectivity index (χ1) is 20.7.